The van der Waals surface area contributed by atoms with Crippen molar-refractivity contribution in [3.8, 4) is 5.75 Å². The minimum Gasteiger partial charge on any atom is -0.492 e. The highest BCUT2D eigenvalue weighted by atomic mass is 35.5. The van der Waals surface area contributed by atoms with Crippen LogP contribution in [0, 0.1) is 5.41 Å². The molecular formula is C19H27ClN2O3. The number of hydrogen-bond acceptors (Lipinski definition) is 3. The molecule has 0 radical (unpaired) electrons. The SMILES string of the molecule is CCOc1ccc(C(=O)N2CCN(C(=O)CC(C)(C)C)CC2)cc1Cl. The Labute approximate surface area is 154 Å². The molecule has 5 nitrogen and oxygen atoms in total. The predicted octanol–water partition coefficient (Wildman–Crippen LogP) is 3.46. The number of carbonyl (C=O) groups excluding carboxylic acids is 2. The molecule has 25 heavy (non-hydrogen) atoms. The average molecular weight is 367 g/mol. The van der Waals surface area contributed by atoms with Crippen molar-refractivity contribution in [3.63, 3.8) is 0 Å². The maximum absolute atomic E-state index is 12.6. The van der Waals surface area contributed by atoms with Crippen molar-refractivity contribution in [3.05, 3.63) is 28.8 Å². The highest BCUT2D eigenvalue weighted by Crippen LogP contribution is 2.26. The van der Waals surface area contributed by atoms with Gasteiger partial charge in [0.2, 0.25) is 5.91 Å². The fourth-order valence-corrected chi connectivity index (χ4v) is 3.05. The van der Waals surface area contributed by atoms with E-state index in [1.807, 2.05) is 11.8 Å². The highest BCUT2D eigenvalue weighted by molar-refractivity contribution is 6.32. The van der Waals surface area contributed by atoms with Crippen molar-refractivity contribution in [1.82, 2.24) is 9.80 Å². The van der Waals surface area contributed by atoms with Gasteiger partial charge in [-0.25, -0.2) is 0 Å². The number of hydrogen-bond donors (Lipinski definition) is 0. The standard InChI is InChI=1S/C19H27ClN2O3/c1-5-25-16-7-6-14(12-15(16)20)18(24)22-10-8-21(9-11-22)17(23)13-19(2,3)4/h6-7,12H,5,8-11,13H2,1-4H3. The second-order valence-corrected chi connectivity index (χ2v) is 7.90. The van der Waals surface area contributed by atoms with Crippen molar-refractivity contribution in [2.24, 2.45) is 5.41 Å². The third-order valence-corrected chi connectivity index (χ3v) is 4.38. The molecule has 1 aromatic rings. The summed E-state index contributed by atoms with van der Waals surface area (Å²) in [5, 5.41) is 0.437. The van der Waals surface area contributed by atoms with Gasteiger partial charge in [0.15, 0.2) is 0 Å². The second-order valence-electron chi connectivity index (χ2n) is 7.49. The average Bonchev–Trinajstić information content (AvgIpc) is 2.55. The van der Waals surface area contributed by atoms with E-state index in [-0.39, 0.29) is 17.2 Å². The first-order chi connectivity index (χ1) is 11.7. The van der Waals surface area contributed by atoms with Crippen LogP contribution in [0.15, 0.2) is 18.2 Å². The minimum absolute atomic E-state index is 0.0247. The Morgan fingerprint density at radius 2 is 1.72 bits per heavy atom. The number of ether oxygens (including phenoxy) is 1. The highest BCUT2D eigenvalue weighted by Gasteiger charge is 2.27. The topological polar surface area (TPSA) is 49.9 Å². The summed E-state index contributed by atoms with van der Waals surface area (Å²) in [6, 6.07) is 5.10. The largest absolute Gasteiger partial charge is 0.492 e. The smallest absolute Gasteiger partial charge is 0.254 e. The number of nitrogens with zero attached hydrogens (tertiary/aromatic N) is 2. The molecule has 0 spiro atoms. The van der Waals surface area contributed by atoms with Gasteiger partial charge in [-0.3, -0.25) is 9.59 Å². The van der Waals surface area contributed by atoms with Gasteiger partial charge in [-0.2, -0.15) is 0 Å². The number of benzene rings is 1. The van der Waals surface area contributed by atoms with Gasteiger partial charge < -0.3 is 14.5 Å². The van der Waals surface area contributed by atoms with Crippen LogP contribution >= 0.6 is 11.6 Å². The van der Waals surface area contributed by atoms with Gasteiger partial charge in [-0.15, -0.1) is 0 Å². The molecule has 2 rings (SSSR count). The van der Waals surface area contributed by atoms with Crippen LogP contribution in [0.5, 0.6) is 5.75 Å². The Morgan fingerprint density at radius 3 is 2.24 bits per heavy atom. The maximum Gasteiger partial charge on any atom is 0.254 e. The van der Waals surface area contributed by atoms with Gasteiger partial charge in [0.05, 0.1) is 11.6 Å². The molecule has 1 fully saturated rings. The normalized spacial score (nSPS) is 15.2. The van der Waals surface area contributed by atoms with Crippen LogP contribution in [0.4, 0.5) is 0 Å². The molecule has 1 saturated heterocycles. The molecule has 0 unspecified atom stereocenters. The molecular weight excluding hydrogens is 340 g/mol. The molecule has 1 aromatic carbocycles. The summed E-state index contributed by atoms with van der Waals surface area (Å²) in [4.78, 5) is 28.6. The number of carbonyl (C=O) groups is 2. The minimum atomic E-state index is -0.0622. The zero-order valence-corrected chi connectivity index (χ0v) is 16.2. The van der Waals surface area contributed by atoms with E-state index in [0.29, 0.717) is 55.5 Å². The zero-order valence-electron chi connectivity index (χ0n) is 15.5. The Morgan fingerprint density at radius 1 is 1.12 bits per heavy atom. The van der Waals surface area contributed by atoms with Crippen LogP contribution in [0.25, 0.3) is 0 Å². The fraction of sp³-hybridized carbons (Fsp3) is 0.579. The molecule has 0 N–H and O–H groups in total. The van der Waals surface area contributed by atoms with E-state index in [4.69, 9.17) is 16.3 Å². The molecule has 0 aliphatic carbocycles. The second kappa shape index (κ2) is 8.09. The molecule has 0 aromatic heterocycles. The van der Waals surface area contributed by atoms with E-state index in [1.165, 1.54) is 0 Å². The summed E-state index contributed by atoms with van der Waals surface area (Å²) in [6.45, 7) is 10.8. The molecule has 6 heteroatoms. The van der Waals surface area contributed by atoms with Gasteiger partial charge >= 0.3 is 0 Å². The van der Waals surface area contributed by atoms with Crippen LogP contribution in [-0.4, -0.2) is 54.4 Å². The number of rotatable bonds is 4. The third kappa shape index (κ3) is 5.36. The van der Waals surface area contributed by atoms with E-state index < -0.39 is 0 Å². The first kappa shape index (κ1) is 19.6. The van der Waals surface area contributed by atoms with Crippen LogP contribution in [0.2, 0.25) is 5.02 Å². The number of amides is 2. The quantitative estimate of drug-likeness (QED) is 0.819. The van der Waals surface area contributed by atoms with Crippen LogP contribution in [-0.2, 0) is 4.79 Å². The van der Waals surface area contributed by atoms with Crippen molar-refractivity contribution in [2.45, 2.75) is 34.1 Å². The Bertz CT molecular complexity index is 632. The Balaban J connectivity index is 1.95. The monoisotopic (exact) mass is 366 g/mol. The summed E-state index contributed by atoms with van der Waals surface area (Å²) in [7, 11) is 0. The van der Waals surface area contributed by atoms with Crippen molar-refractivity contribution in [2.75, 3.05) is 32.8 Å². The first-order valence-electron chi connectivity index (χ1n) is 8.70. The first-order valence-corrected chi connectivity index (χ1v) is 9.08. The van der Waals surface area contributed by atoms with E-state index in [0.717, 1.165) is 0 Å². The zero-order chi connectivity index (χ0) is 18.6. The molecule has 1 heterocycles. The van der Waals surface area contributed by atoms with E-state index in [1.54, 1.807) is 23.1 Å². The lowest BCUT2D eigenvalue weighted by atomic mass is 9.91. The Hall–Kier alpha value is -1.75. The lowest BCUT2D eigenvalue weighted by Crippen LogP contribution is -2.51. The molecule has 0 bridgehead atoms. The van der Waals surface area contributed by atoms with E-state index >= 15 is 0 Å². The lowest BCUT2D eigenvalue weighted by Gasteiger charge is -2.36. The van der Waals surface area contributed by atoms with E-state index in [2.05, 4.69) is 20.8 Å². The van der Waals surface area contributed by atoms with Crippen molar-refractivity contribution in [1.29, 1.82) is 0 Å². The Kier molecular flexibility index (Phi) is 6.33. The van der Waals surface area contributed by atoms with Crippen LogP contribution < -0.4 is 4.74 Å². The van der Waals surface area contributed by atoms with Gasteiger partial charge in [-0.1, -0.05) is 32.4 Å². The molecule has 2 amide bonds. The third-order valence-electron chi connectivity index (χ3n) is 4.08. The number of piperazine rings is 1. The number of halogens is 1. The van der Waals surface area contributed by atoms with Crippen LogP contribution in [0.3, 0.4) is 0 Å². The lowest BCUT2D eigenvalue weighted by molar-refractivity contribution is -0.134. The van der Waals surface area contributed by atoms with Crippen molar-refractivity contribution >= 4 is 23.4 Å². The molecule has 0 atom stereocenters. The van der Waals surface area contributed by atoms with Gasteiger partial charge in [-0.05, 0) is 30.5 Å². The molecule has 1 aliphatic rings. The van der Waals surface area contributed by atoms with Gasteiger partial charge in [0.25, 0.3) is 5.91 Å². The van der Waals surface area contributed by atoms with Crippen molar-refractivity contribution < 1.29 is 14.3 Å². The summed E-state index contributed by atoms with van der Waals surface area (Å²) in [6.07, 6.45) is 0.523. The van der Waals surface area contributed by atoms with Gasteiger partial charge in [0.1, 0.15) is 5.75 Å². The summed E-state index contributed by atoms with van der Waals surface area (Å²) in [5.74, 6) is 0.676. The fourth-order valence-electron chi connectivity index (χ4n) is 2.81. The molecule has 138 valence electrons. The summed E-state index contributed by atoms with van der Waals surface area (Å²) >= 11 is 6.17. The van der Waals surface area contributed by atoms with E-state index in [9.17, 15) is 9.59 Å². The maximum atomic E-state index is 12.6. The van der Waals surface area contributed by atoms with Crippen LogP contribution in [0.1, 0.15) is 44.5 Å². The van der Waals surface area contributed by atoms with Gasteiger partial charge in [0, 0.05) is 38.2 Å². The molecule has 1 aliphatic heterocycles. The molecule has 0 saturated carbocycles. The summed E-state index contributed by atoms with van der Waals surface area (Å²) < 4.78 is 5.40. The predicted molar refractivity (Wildman–Crippen MR) is 99.2 cm³/mol. The summed E-state index contributed by atoms with van der Waals surface area (Å²) in [5.41, 5.74) is 0.520.